The summed E-state index contributed by atoms with van der Waals surface area (Å²) in [7, 11) is 0. The Morgan fingerprint density at radius 3 is 2.94 bits per heavy atom. The van der Waals surface area contributed by atoms with Crippen molar-refractivity contribution in [3.63, 3.8) is 0 Å². The van der Waals surface area contributed by atoms with Crippen LogP contribution in [0.15, 0.2) is 28.7 Å². The molecule has 94 valence electrons. The van der Waals surface area contributed by atoms with E-state index in [0.717, 1.165) is 29.6 Å². The number of carbonyl (C=O) groups is 1. The van der Waals surface area contributed by atoms with Gasteiger partial charge >= 0.3 is 0 Å². The molecule has 2 heterocycles. The number of likely N-dealkylation sites (tertiary alicyclic amines) is 1. The highest BCUT2D eigenvalue weighted by Crippen LogP contribution is 2.24. The summed E-state index contributed by atoms with van der Waals surface area (Å²) in [5.41, 5.74) is 7.48. The number of hydrogen-bond donors (Lipinski definition) is 1. The molecule has 0 atom stereocenters. The highest BCUT2D eigenvalue weighted by Gasteiger charge is 2.31. The summed E-state index contributed by atoms with van der Waals surface area (Å²) in [5, 5.41) is 0.981. The average molecular weight is 244 g/mol. The van der Waals surface area contributed by atoms with Crippen LogP contribution in [0.4, 0.5) is 0 Å². The van der Waals surface area contributed by atoms with E-state index in [1.54, 1.807) is 4.90 Å². The van der Waals surface area contributed by atoms with E-state index < -0.39 is 0 Å². The zero-order valence-electron chi connectivity index (χ0n) is 10.3. The van der Waals surface area contributed by atoms with Crippen LogP contribution >= 0.6 is 0 Å². The van der Waals surface area contributed by atoms with Crippen LogP contribution in [0.25, 0.3) is 11.0 Å². The first-order chi connectivity index (χ1) is 8.67. The molecule has 2 aromatic rings. The fourth-order valence-electron chi connectivity index (χ4n) is 2.31. The second-order valence-corrected chi connectivity index (χ2v) is 4.96. The second-order valence-electron chi connectivity index (χ2n) is 4.96. The summed E-state index contributed by atoms with van der Waals surface area (Å²) < 4.78 is 5.59. The number of amides is 1. The summed E-state index contributed by atoms with van der Waals surface area (Å²) in [6.07, 6.45) is 0. The summed E-state index contributed by atoms with van der Waals surface area (Å²) >= 11 is 0. The van der Waals surface area contributed by atoms with Crippen LogP contribution in [-0.2, 0) is 0 Å². The molecule has 0 bridgehead atoms. The van der Waals surface area contributed by atoms with Gasteiger partial charge in [-0.05, 0) is 31.7 Å². The van der Waals surface area contributed by atoms with Gasteiger partial charge in [-0.3, -0.25) is 4.79 Å². The monoisotopic (exact) mass is 244 g/mol. The molecule has 4 nitrogen and oxygen atoms in total. The molecule has 1 aliphatic heterocycles. The Kier molecular flexibility index (Phi) is 2.59. The number of fused-ring (bicyclic) bond motifs is 1. The summed E-state index contributed by atoms with van der Waals surface area (Å²) in [6, 6.07) is 7.73. The first-order valence-electron chi connectivity index (χ1n) is 6.17. The zero-order chi connectivity index (χ0) is 12.7. The molecule has 4 heteroatoms. The number of carbonyl (C=O) groups excluding carboxylic acids is 1. The molecule has 1 aromatic heterocycles. The first-order valence-corrected chi connectivity index (χ1v) is 6.17. The summed E-state index contributed by atoms with van der Waals surface area (Å²) in [6.45, 7) is 4.15. The molecular formula is C14H16N2O2. The molecule has 1 aliphatic rings. The number of hydrogen-bond acceptors (Lipinski definition) is 3. The molecule has 2 N–H and O–H groups in total. The van der Waals surface area contributed by atoms with Gasteiger partial charge in [-0.25, -0.2) is 0 Å². The maximum absolute atomic E-state index is 12.1. The number of benzene rings is 1. The topological polar surface area (TPSA) is 59.5 Å². The van der Waals surface area contributed by atoms with Crippen LogP contribution < -0.4 is 5.73 Å². The van der Waals surface area contributed by atoms with Crippen LogP contribution in [0.1, 0.15) is 16.1 Å². The van der Waals surface area contributed by atoms with E-state index in [1.165, 1.54) is 0 Å². The quantitative estimate of drug-likeness (QED) is 0.875. The molecule has 0 aliphatic carbocycles. The lowest BCUT2D eigenvalue weighted by atomic mass is 10.0. The normalized spacial score (nSPS) is 16.0. The van der Waals surface area contributed by atoms with Crippen molar-refractivity contribution < 1.29 is 9.21 Å². The van der Waals surface area contributed by atoms with Gasteiger partial charge in [0.1, 0.15) is 5.58 Å². The van der Waals surface area contributed by atoms with E-state index in [4.69, 9.17) is 10.2 Å². The molecule has 1 fully saturated rings. The van der Waals surface area contributed by atoms with Gasteiger partial charge in [0, 0.05) is 24.4 Å². The Morgan fingerprint density at radius 1 is 1.44 bits per heavy atom. The van der Waals surface area contributed by atoms with Crippen LogP contribution in [-0.4, -0.2) is 30.4 Å². The molecule has 0 spiro atoms. The lowest BCUT2D eigenvalue weighted by Crippen LogP contribution is -2.52. The summed E-state index contributed by atoms with van der Waals surface area (Å²) in [5.74, 6) is 0.834. The van der Waals surface area contributed by atoms with Gasteiger partial charge in [-0.2, -0.15) is 0 Å². The lowest BCUT2D eigenvalue weighted by Gasteiger charge is -2.37. The maximum atomic E-state index is 12.1. The van der Waals surface area contributed by atoms with Gasteiger partial charge in [0.15, 0.2) is 5.76 Å². The van der Waals surface area contributed by atoms with Crippen molar-refractivity contribution in [2.24, 2.45) is 11.7 Å². The van der Waals surface area contributed by atoms with Crippen molar-refractivity contribution in [1.29, 1.82) is 0 Å². The molecule has 0 unspecified atom stereocenters. The SMILES string of the molecule is Cc1ccc2oc(C(=O)N3CC(CN)C3)cc2c1. The van der Waals surface area contributed by atoms with Crippen molar-refractivity contribution in [2.45, 2.75) is 6.92 Å². The fraction of sp³-hybridized carbons (Fsp3) is 0.357. The van der Waals surface area contributed by atoms with E-state index in [-0.39, 0.29) is 5.91 Å². The first kappa shape index (κ1) is 11.3. The molecule has 0 saturated carbocycles. The molecule has 18 heavy (non-hydrogen) atoms. The highest BCUT2D eigenvalue weighted by molar-refractivity contribution is 5.96. The van der Waals surface area contributed by atoms with Crippen molar-refractivity contribution in [1.82, 2.24) is 4.90 Å². The Balaban J connectivity index is 1.84. The highest BCUT2D eigenvalue weighted by atomic mass is 16.3. The smallest absolute Gasteiger partial charge is 0.289 e. The van der Waals surface area contributed by atoms with Gasteiger partial charge in [0.05, 0.1) is 0 Å². The van der Waals surface area contributed by atoms with Crippen molar-refractivity contribution in [3.05, 3.63) is 35.6 Å². The third kappa shape index (κ3) is 1.78. The Hall–Kier alpha value is -1.81. The minimum absolute atomic E-state index is 0.0337. The lowest BCUT2D eigenvalue weighted by molar-refractivity contribution is 0.0485. The van der Waals surface area contributed by atoms with Crippen LogP contribution in [0.2, 0.25) is 0 Å². The minimum Gasteiger partial charge on any atom is -0.451 e. The number of aryl methyl sites for hydroxylation is 1. The maximum Gasteiger partial charge on any atom is 0.289 e. The Morgan fingerprint density at radius 2 is 2.22 bits per heavy atom. The van der Waals surface area contributed by atoms with Crippen LogP contribution in [0.5, 0.6) is 0 Å². The zero-order valence-corrected chi connectivity index (χ0v) is 10.3. The van der Waals surface area contributed by atoms with Gasteiger partial charge in [0.25, 0.3) is 5.91 Å². The summed E-state index contributed by atoms with van der Waals surface area (Å²) in [4.78, 5) is 13.9. The van der Waals surface area contributed by atoms with E-state index in [0.29, 0.717) is 18.2 Å². The Bertz CT molecular complexity index is 597. The van der Waals surface area contributed by atoms with E-state index in [2.05, 4.69) is 0 Å². The molecule has 1 aromatic carbocycles. The van der Waals surface area contributed by atoms with Gasteiger partial charge < -0.3 is 15.1 Å². The van der Waals surface area contributed by atoms with Gasteiger partial charge in [0.2, 0.25) is 0 Å². The molecule has 1 amide bonds. The third-order valence-electron chi connectivity index (χ3n) is 3.46. The minimum atomic E-state index is -0.0337. The second kappa shape index (κ2) is 4.14. The largest absolute Gasteiger partial charge is 0.451 e. The van der Waals surface area contributed by atoms with E-state index in [9.17, 15) is 4.79 Å². The standard InChI is InChI=1S/C14H16N2O2/c1-9-2-3-12-11(4-9)5-13(18-12)14(17)16-7-10(6-15)8-16/h2-5,10H,6-8,15H2,1H3. The van der Waals surface area contributed by atoms with E-state index >= 15 is 0 Å². The average Bonchev–Trinajstić information content (AvgIpc) is 2.70. The fourth-order valence-corrected chi connectivity index (χ4v) is 2.31. The molecule has 1 saturated heterocycles. The van der Waals surface area contributed by atoms with Gasteiger partial charge in [-0.15, -0.1) is 0 Å². The third-order valence-corrected chi connectivity index (χ3v) is 3.46. The predicted octanol–water partition coefficient (Wildman–Crippen LogP) is 1.77. The number of nitrogens with two attached hydrogens (primary N) is 1. The number of nitrogens with zero attached hydrogens (tertiary/aromatic N) is 1. The molecular weight excluding hydrogens is 228 g/mol. The Labute approximate surface area is 105 Å². The van der Waals surface area contributed by atoms with Crippen molar-refractivity contribution in [3.8, 4) is 0 Å². The van der Waals surface area contributed by atoms with Crippen molar-refractivity contribution >= 4 is 16.9 Å². The molecule has 3 rings (SSSR count). The predicted molar refractivity (Wildman–Crippen MR) is 69.4 cm³/mol. The van der Waals surface area contributed by atoms with E-state index in [1.807, 2.05) is 31.2 Å². The van der Waals surface area contributed by atoms with Gasteiger partial charge in [-0.1, -0.05) is 11.6 Å². The van der Waals surface area contributed by atoms with Crippen molar-refractivity contribution in [2.75, 3.05) is 19.6 Å². The number of furan rings is 1. The van der Waals surface area contributed by atoms with Crippen LogP contribution in [0.3, 0.4) is 0 Å². The van der Waals surface area contributed by atoms with Crippen LogP contribution in [0, 0.1) is 12.8 Å². The molecule has 0 radical (unpaired) electrons. The number of rotatable bonds is 2.